The molecule has 1 aliphatic rings. The smallest absolute Gasteiger partial charge is 0.0864 e. The third kappa shape index (κ3) is 1.33. The Morgan fingerprint density at radius 3 is 3.00 bits per heavy atom. The molecule has 12 heavy (non-hydrogen) atoms. The molecule has 0 aromatic carbocycles. The summed E-state index contributed by atoms with van der Waals surface area (Å²) in [6.45, 7) is 1.05. The predicted molar refractivity (Wildman–Crippen MR) is 43.8 cm³/mol. The number of pyridine rings is 1. The van der Waals surface area contributed by atoms with Crippen molar-refractivity contribution >= 4 is 0 Å². The molecule has 64 valence electrons. The molecule has 0 saturated carbocycles. The normalized spacial score (nSPS) is 29.1. The maximum absolute atomic E-state index is 9.49. The number of hydrogen-bond donors (Lipinski definition) is 1. The molecule has 1 aliphatic heterocycles. The van der Waals surface area contributed by atoms with Crippen LogP contribution in [0.5, 0.6) is 0 Å². The lowest BCUT2D eigenvalue weighted by molar-refractivity contribution is 0.124. The van der Waals surface area contributed by atoms with Gasteiger partial charge < -0.3 is 9.84 Å². The first-order valence-corrected chi connectivity index (χ1v) is 4.03. The minimum absolute atomic E-state index is 0.110. The first kappa shape index (κ1) is 7.71. The fourth-order valence-electron chi connectivity index (χ4n) is 1.46. The molecule has 1 N–H and O–H groups in total. The SMILES string of the molecule is O[C@@H]1COC[C@H]1c1cccnc1. The predicted octanol–water partition coefficient (Wildman–Crippen LogP) is 0.556. The number of ether oxygens (including phenoxy) is 1. The Morgan fingerprint density at radius 1 is 1.50 bits per heavy atom. The van der Waals surface area contributed by atoms with Crippen LogP contribution in [-0.2, 0) is 4.74 Å². The zero-order valence-corrected chi connectivity index (χ0v) is 6.68. The summed E-state index contributed by atoms with van der Waals surface area (Å²) in [4.78, 5) is 4.00. The second-order valence-electron chi connectivity index (χ2n) is 3.00. The second-order valence-corrected chi connectivity index (χ2v) is 3.00. The number of rotatable bonds is 1. The van der Waals surface area contributed by atoms with Gasteiger partial charge in [-0.15, -0.1) is 0 Å². The van der Waals surface area contributed by atoms with Gasteiger partial charge >= 0.3 is 0 Å². The average molecular weight is 165 g/mol. The van der Waals surface area contributed by atoms with Crippen molar-refractivity contribution in [1.29, 1.82) is 0 Å². The van der Waals surface area contributed by atoms with Crippen LogP contribution in [0.3, 0.4) is 0 Å². The van der Waals surface area contributed by atoms with Crippen LogP contribution < -0.4 is 0 Å². The molecule has 0 spiro atoms. The summed E-state index contributed by atoms with van der Waals surface area (Å²) in [6.07, 6.45) is 3.14. The Hall–Kier alpha value is -0.930. The highest BCUT2D eigenvalue weighted by Gasteiger charge is 2.27. The second kappa shape index (κ2) is 3.21. The minimum atomic E-state index is -0.366. The van der Waals surface area contributed by atoms with E-state index in [1.165, 1.54) is 0 Å². The summed E-state index contributed by atoms with van der Waals surface area (Å²) in [5.74, 6) is 0.110. The number of aliphatic hydroxyl groups excluding tert-OH is 1. The van der Waals surface area contributed by atoms with Gasteiger partial charge in [-0.1, -0.05) is 6.07 Å². The summed E-state index contributed by atoms with van der Waals surface area (Å²) in [7, 11) is 0. The van der Waals surface area contributed by atoms with E-state index in [0.717, 1.165) is 5.56 Å². The summed E-state index contributed by atoms with van der Waals surface area (Å²) < 4.78 is 5.15. The molecule has 0 amide bonds. The van der Waals surface area contributed by atoms with E-state index in [9.17, 15) is 5.11 Å². The standard InChI is InChI=1S/C9H11NO2/c11-9-6-12-5-8(9)7-2-1-3-10-4-7/h1-4,8-9,11H,5-6H2/t8-,9+/m0/s1. The highest BCUT2D eigenvalue weighted by atomic mass is 16.5. The lowest BCUT2D eigenvalue weighted by atomic mass is 9.98. The Bertz CT molecular complexity index is 250. The number of nitrogens with zero attached hydrogens (tertiary/aromatic N) is 1. The van der Waals surface area contributed by atoms with Gasteiger partial charge in [0.25, 0.3) is 0 Å². The zero-order chi connectivity index (χ0) is 8.39. The van der Waals surface area contributed by atoms with Crippen molar-refractivity contribution < 1.29 is 9.84 Å². The quantitative estimate of drug-likeness (QED) is 0.661. The summed E-state index contributed by atoms with van der Waals surface area (Å²) in [5.41, 5.74) is 1.06. The number of hydrogen-bond acceptors (Lipinski definition) is 3. The highest BCUT2D eigenvalue weighted by molar-refractivity contribution is 5.17. The van der Waals surface area contributed by atoms with Crippen LogP contribution in [0.4, 0.5) is 0 Å². The molecule has 2 atom stereocenters. The molecule has 1 aromatic heterocycles. The highest BCUT2D eigenvalue weighted by Crippen LogP contribution is 2.24. The third-order valence-electron chi connectivity index (χ3n) is 2.16. The summed E-state index contributed by atoms with van der Waals surface area (Å²) >= 11 is 0. The van der Waals surface area contributed by atoms with Gasteiger partial charge in [0.1, 0.15) is 0 Å². The van der Waals surface area contributed by atoms with Crippen LogP contribution in [0.1, 0.15) is 11.5 Å². The average Bonchev–Trinajstić information content (AvgIpc) is 2.53. The fraction of sp³-hybridized carbons (Fsp3) is 0.444. The molecule has 0 radical (unpaired) electrons. The van der Waals surface area contributed by atoms with E-state index >= 15 is 0 Å². The van der Waals surface area contributed by atoms with E-state index in [1.54, 1.807) is 12.4 Å². The van der Waals surface area contributed by atoms with Crippen LogP contribution in [-0.4, -0.2) is 29.4 Å². The molecule has 1 saturated heterocycles. The van der Waals surface area contributed by atoms with Gasteiger partial charge in [0.15, 0.2) is 0 Å². The van der Waals surface area contributed by atoms with Crippen LogP contribution in [0, 0.1) is 0 Å². The van der Waals surface area contributed by atoms with Crippen LogP contribution >= 0.6 is 0 Å². The largest absolute Gasteiger partial charge is 0.390 e. The molecule has 1 aromatic rings. The van der Waals surface area contributed by atoms with E-state index in [-0.39, 0.29) is 12.0 Å². The molecule has 2 rings (SSSR count). The van der Waals surface area contributed by atoms with Crippen molar-refractivity contribution in [2.45, 2.75) is 12.0 Å². The van der Waals surface area contributed by atoms with E-state index in [0.29, 0.717) is 13.2 Å². The van der Waals surface area contributed by atoms with Crippen molar-refractivity contribution in [3.8, 4) is 0 Å². The fourth-order valence-corrected chi connectivity index (χ4v) is 1.46. The monoisotopic (exact) mass is 165 g/mol. The summed E-state index contributed by atoms with van der Waals surface area (Å²) in [5, 5.41) is 9.49. The maximum atomic E-state index is 9.49. The molecule has 1 fully saturated rings. The Balaban J connectivity index is 2.19. The van der Waals surface area contributed by atoms with E-state index in [4.69, 9.17) is 4.74 Å². The number of aliphatic hydroxyl groups is 1. The Morgan fingerprint density at radius 2 is 2.42 bits per heavy atom. The van der Waals surface area contributed by atoms with Crippen LogP contribution in [0.15, 0.2) is 24.5 Å². The molecule has 0 unspecified atom stereocenters. The minimum Gasteiger partial charge on any atom is -0.390 e. The first-order chi connectivity index (χ1) is 5.88. The van der Waals surface area contributed by atoms with Crippen molar-refractivity contribution in [2.24, 2.45) is 0 Å². The lowest BCUT2D eigenvalue weighted by Gasteiger charge is -2.10. The van der Waals surface area contributed by atoms with Gasteiger partial charge in [-0.3, -0.25) is 4.98 Å². The van der Waals surface area contributed by atoms with E-state index < -0.39 is 0 Å². The van der Waals surface area contributed by atoms with Gasteiger partial charge in [0, 0.05) is 18.3 Å². The molecule has 3 nitrogen and oxygen atoms in total. The van der Waals surface area contributed by atoms with Gasteiger partial charge in [-0.2, -0.15) is 0 Å². The van der Waals surface area contributed by atoms with Crippen molar-refractivity contribution in [3.63, 3.8) is 0 Å². The molecular weight excluding hydrogens is 154 g/mol. The van der Waals surface area contributed by atoms with Crippen molar-refractivity contribution in [1.82, 2.24) is 4.98 Å². The maximum Gasteiger partial charge on any atom is 0.0864 e. The van der Waals surface area contributed by atoms with Crippen LogP contribution in [0.2, 0.25) is 0 Å². The topological polar surface area (TPSA) is 42.4 Å². The Labute approximate surface area is 71.0 Å². The van der Waals surface area contributed by atoms with Gasteiger partial charge in [0.2, 0.25) is 0 Å². The third-order valence-corrected chi connectivity index (χ3v) is 2.16. The molecule has 2 heterocycles. The van der Waals surface area contributed by atoms with Crippen molar-refractivity contribution in [2.75, 3.05) is 13.2 Å². The van der Waals surface area contributed by atoms with Gasteiger partial charge in [-0.05, 0) is 11.6 Å². The van der Waals surface area contributed by atoms with Gasteiger partial charge in [0.05, 0.1) is 19.3 Å². The van der Waals surface area contributed by atoms with Gasteiger partial charge in [-0.25, -0.2) is 0 Å². The van der Waals surface area contributed by atoms with E-state index in [1.807, 2.05) is 12.1 Å². The van der Waals surface area contributed by atoms with Crippen LogP contribution in [0.25, 0.3) is 0 Å². The molecule has 0 aliphatic carbocycles. The van der Waals surface area contributed by atoms with E-state index in [2.05, 4.69) is 4.98 Å². The molecule has 3 heteroatoms. The lowest BCUT2D eigenvalue weighted by Crippen LogP contribution is -2.15. The molecular formula is C9H11NO2. The van der Waals surface area contributed by atoms with Crippen molar-refractivity contribution in [3.05, 3.63) is 30.1 Å². The number of aromatic nitrogens is 1. The molecule has 0 bridgehead atoms. The first-order valence-electron chi connectivity index (χ1n) is 4.03. The Kier molecular flexibility index (Phi) is 2.06. The summed E-state index contributed by atoms with van der Waals surface area (Å²) in [6, 6.07) is 3.84. The zero-order valence-electron chi connectivity index (χ0n) is 6.68.